The molecule has 16 heavy (non-hydrogen) atoms. The van der Waals surface area contributed by atoms with Crippen molar-refractivity contribution < 1.29 is 14.1 Å². The number of hydrogen-bond acceptors (Lipinski definition) is 4. The summed E-state index contributed by atoms with van der Waals surface area (Å²) in [6.07, 6.45) is 0. The summed E-state index contributed by atoms with van der Waals surface area (Å²) in [5.41, 5.74) is -0.204. The first-order valence-electron chi connectivity index (χ1n) is 4.97. The molecule has 1 saturated heterocycles. The zero-order valence-electron chi connectivity index (χ0n) is 9.40. The first-order chi connectivity index (χ1) is 7.39. The lowest BCUT2D eigenvalue weighted by atomic mass is 9.93. The van der Waals surface area contributed by atoms with Crippen LogP contribution >= 0.6 is 0 Å². The topological polar surface area (TPSA) is 75.4 Å². The van der Waals surface area contributed by atoms with E-state index in [-0.39, 0.29) is 23.7 Å². The van der Waals surface area contributed by atoms with E-state index in [1.165, 1.54) is 0 Å². The number of imide groups is 1. The summed E-state index contributed by atoms with van der Waals surface area (Å²) in [5.74, 6) is 0.554. The van der Waals surface area contributed by atoms with Gasteiger partial charge in [-0.3, -0.25) is 4.79 Å². The normalized spacial score (nSPS) is 16.8. The fraction of sp³-hybridized carbons (Fsp3) is 0.500. The predicted molar refractivity (Wildman–Crippen MR) is 56.1 cm³/mol. The van der Waals surface area contributed by atoms with Gasteiger partial charge in [-0.1, -0.05) is 25.9 Å². The molecule has 6 nitrogen and oxygen atoms in total. The van der Waals surface area contributed by atoms with Crippen LogP contribution in [0.25, 0.3) is 0 Å². The first-order valence-corrected chi connectivity index (χ1v) is 4.97. The van der Waals surface area contributed by atoms with E-state index in [4.69, 9.17) is 4.52 Å². The van der Waals surface area contributed by atoms with Gasteiger partial charge < -0.3 is 9.84 Å². The van der Waals surface area contributed by atoms with E-state index in [2.05, 4.69) is 10.5 Å². The monoisotopic (exact) mass is 223 g/mol. The quantitative estimate of drug-likeness (QED) is 0.721. The first kappa shape index (κ1) is 10.7. The minimum absolute atomic E-state index is 0.0105. The van der Waals surface area contributed by atoms with Crippen LogP contribution < -0.4 is 10.2 Å². The molecule has 0 unspecified atom stereocenters. The third kappa shape index (κ3) is 1.66. The van der Waals surface area contributed by atoms with Crippen molar-refractivity contribution in [2.45, 2.75) is 26.2 Å². The zero-order chi connectivity index (χ0) is 11.9. The molecule has 0 aromatic carbocycles. The van der Waals surface area contributed by atoms with Crippen molar-refractivity contribution in [2.75, 3.05) is 11.4 Å². The van der Waals surface area contributed by atoms with Crippen LogP contribution in [0.3, 0.4) is 0 Å². The standard InChI is InChI=1S/C10H13N3O3/c1-10(2,3)6-4-7(12-16-6)13-8(14)5-11-9(13)15/h4H,5H2,1-3H3,(H,11,15). The van der Waals surface area contributed by atoms with Crippen LogP contribution in [-0.4, -0.2) is 23.6 Å². The van der Waals surface area contributed by atoms with E-state index in [1.807, 2.05) is 20.8 Å². The van der Waals surface area contributed by atoms with Gasteiger partial charge in [0.1, 0.15) is 5.76 Å². The van der Waals surface area contributed by atoms with Gasteiger partial charge in [0.15, 0.2) is 5.82 Å². The zero-order valence-corrected chi connectivity index (χ0v) is 9.40. The highest BCUT2D eigenvalue weighted by molar-refractivity contribution is 6.19. The van der Waals surface area contributed by atoms with Gasteiger partial charge in [-0.15, -0.1) is 0 Å². The van der Waals surface area contributed by atoms with Gasteiger partial charge in [-0.25, -0.2) is 9.69 Å². The van der Waals surface area contributed by atoms with Crippen LogP contribution in [0, 0.1) is 0 Å². The Bertz CT molecular complexity index is 428. The van der Waals surface area contributed by atoms with Gasteiger partial charge in [0.2, 0.25) is 0 Å². The maximum atomic E-state index is 11.4. The van der Waals surface area contributed by atoms with E-state index in [0.717, 1.165) is 4.90 Å². The number of nitrogens with one attached hydrogen (secondary N) is 1. The average Bonchev–Trinajstić information content (AvgIpc) is 2.72. The molecular weight excluding hydrogens is 210 g/mol. The molecule has 2 rings (SSSR count). The number of hydrogen-bond donors (Lipinski definition) is 1. The third-order valence-electron chi connectivity index (χ3n) is 2.31. The lowest BCUT2D eigenvalue weighted by Gasteiger charge is -2.12. The van der Waals surface area contributed by atoms with E-state index < -0.39 is 6.03 Å². The molecule has 6 heteroatoms. The second-order valence-corrected chi connectivity index (χ2v) is 4.69. The Morgan fingerprint density at radius 3 is 2.56 bits per heavy atom. The Morgan fingerprint density at radius 1 is 1.44 bits per heavy atom. The number of rotatable bonds is 1. The molecule has 0 saturated carbocycles. The SMILES string of the molecule is CC(C)(C)c1cc(N2C(=O)CNC2=O)no1. The largest absolute Gasteiger partial charge is 0.359 e. The number of amides is 3. The van der Waals surface area contributed by atoms with Gasteiger partial charge in [0.05, 0.1) is 6.54 Å². The molecule has 3 amide bonds. The van der Waals surface area contributed by atoms with Gasteiger partial charge in [0.25, 0.3) is 5.91 Å². The maximum Gasteiger partial charge on any atom is 0.330 e. The summed E-state index contributed by atoms with van der Waals surface area (Å²) < 4.78 is 5.11. The molecule has 1 aromatic heterocycles. The maximum absolute atomic E-state index is 11.4. The summed E-state index contributed by atoms with van der Waals surface area (Å²) in [5, 5.41) is 6.16. The van der Waals surface area contributed by atoms with Crippen LogP contribution in [0.1, 0.15) is 26.5 Å². The van der Waals surface area contributed by atoms with E-state index in [1.54, 1.807) is 6.07 Å². The highest BCUT2D eigenvalue weighted by atomic mass is 16.5. The fourth-order valence-corrected chi connectivity index (χ4v) is 1.38. The number of anilines is 1. The molecule has 0 radical (unpaired) electrons. The second kappa shape index (κ2) is 3.33. The van der Waals surface area contributed by atoms with Gasteiger partial charge in [-0.05, 0) is 0 Å². The Balaban J connectivity index is 2.32. The van der Waals surface area contributed by atoms with Crippen LogP contribution in [0.5, 0.6) is 0 Å². The molecular formula is C10H13N3O3. The number of urea groups is 1. The van der Waals surface area contributed by atoms with E-state index in [9.17, 15) is 9.59 Å². The number of carbonyl (C=O) groups excluding carboxylic acids is 2. The number of aromatic nitrogens is 1. The molecule has 1 aliphatic rings. The van der Waals surface area contributed by atoms with Crippen molar-refractivity contribution in [3.05, 3.63) is 11.8 Å². The van der Waals surface area contributed by atoms with Crippen molar-refractivity contribution in [2.24, 2.45) is 0 Å². The van der Waals surface area contributed by atoms with Crippen molar-refractivity contribution in [1.82, 2.24) is 10.5 Å². The molecule has 1 aliphatic heterocycles. The van der Waals surface area contributed by atoms with Crippen molar-refractivity contribution >= 4 is 17.8 Å². The van der Waals surface area contributed by atoms with Gasteiger partial charge >= 0.3 is 6.03 Å². The van der Waals surface area contributed by atoms with Crippen LogP contribution in [0.15, 0.2) is 10.6 Å². The lowest BCUT2D eigenvalue weighted by Crippen LogP contribution is -2.30. The predicted octanol–water partition coefficient (Wildman–Crippen LogP) is 1.03. The summed E-state index contributed by atoms with van der Waals surface area (Å²) >= 11 is 0. The lowest BCUT2D eigenvalue weighted by molar-refractivity contribution is -0.115. The molecule has 0 aliphatic carbocycles. The molecule has 2 heterocycles. The fourth-order valence-electron chi connectivity index (χ4n) is 1.38. The van der Waals surface area contributed by atoms with E-state index in [0.29, 0.717) is 5.76 Å². The Hall–Kier alpha value is -1.85. The molecule has 0 bridgehead atoms. The highest BCUT2D eigenvalue weighted by Crippen LogP contribution is 2.26. The summed E-state index contributed by atoms with van der Waals surface area (Å²) in [6.45, 7) is 5.89. The molecule has 1 fully saturated rings. The number of nitrogens with zero attached hydrogens (tertiary/aromatic N) is 2. The van der Waals surface area contributed by atoms with Crippen molar-refractivity contribution in [3.8, 4) is 0 Å². The highest BCUT2D eigenvalue weighted by Gasteiger charge is 2.33. The van der Waals surface area contributed by atoms with Crippen molar-refractivity contribution in [3.63, 3.8) is 0 Å². The van der Waals surface area contributed by atoms with E-state index >= 15 is 0 Å². The summed E-state index contributed by atoms with van der Waals surface area (Å²) in [7, 11) is 0. The Labute approximate surface area is 92.6 Å². The third-order valence-corrected chi connectivity index (χ3v) is 2.31. The Kier molecular flexibility index (Phi) is 2.22. The van der Waals surface area contributed by atoms with Gasteiger partial charge in [0, 0.05) is 11.5 Å². The molecule has 86 valence electrons. The molecule has 1 aromatic rings. The minimum Gasteiger partial charge on any atom is -0.359 e. The molecule has 0 spiro atoms. The van der Waals surface area contributed by atoms with Crippen LogP contribution in [-0.2, 0) is 10.2 Å². The number of carbonyl (C=O) groups is 2. The van der Waals surface area contributed by atoms with Crippen LogP contribution in [0.4, 0.5) is 10.6 Å². The van der Waals surface area contributed by atoms with Gasteiger partial charge in [-0.2, -0.15) is 0 Å². The summed E-state index contributed by atoms with van der Waals surface area (Å²) in [6, 6.07) is 1.15. The average molecular weight is 223 g/mol. The van der Waals surface area contributed by atoms with Crippen LogP contribution in [0.2, 0.25) is 0 Å². The second-order valence-electron chi connectivity index (χ2n) is 4.69. The molecule has 1 N–H and O–H groups in total. The molecule has 0 atom stereocenters. The minimum atomic E-state index is -0.459. The van der Waals surface area contributed by atoms with Crippen molar-refractivity contribution in [1.29, 1.82) is 0 Å². The smallest absolute Gasteiger partial charge is 0.330 e. The Morgan fingerprint density at radius 2 is 2.12 bits per heavy atom. The summed E-state index contributed by atoms with van der Waals surface area (Å²) in [4.78, 5) is 23.7.